The lowest BCUT2D eigenvalue weighted by Crippen LogP contribution is -2.15. The molecule has 0 aliphatic rings. The smallest absolute Gasteiger partial charge is 0.261 e. The van der Waals surface area contributed by atoms with Gasteiger partial charge in [0, 0.05) is 11.1 Å². The summed E-state index contributed by atoms with van der Waals surface area (Å²) in [6, 6.07) is 5.48. The van der Waals surface area contributed by atoms with E-state index in [2.05, 4.69) is 15.9 Å². The van der Waals surface area contributed by atoms with Crippen LogP contribution in [0.2, 0.25) is 0 Å². The van der Waals surface area contributed by atoms with E-state index in [4.69, 9.17) is 9.47 Å². The maximum atomic E-state index is 11.8. The monoisotopic (exact) mass is 338 g/mol. The fraction of sp³-hybridized carbons (Fsp3) is 0.538. The fourth-order valence-electron chi connectivity index (χ4n) is 1.58. The Hall–Kier alpha value is -0.720. The van der Waals surface area contributed by atoms with Crippen molar-refractivity contribution in [2.24, 2.45) is 0 Å². The summed E-state index contributed by atoms with van der Waals surface area (Å²) >= 11 is 3.39. The lowest BCUT2D eigenvalue weighted by atomic mass is 10.1. The number of hydrogen-bond donors (Lipinski definition) is 1. The molecule has 0 amide bonds. The highest BCUT2D eigenvalue weighted by Gasteiger charge is 2.10. The Morgan fingerprint density at radius 3 is 2.74 bits per heavy atom. The molecule has 6 heteroatoms. The number of halogens is 3. The molecule has 1 aromatic carbocycles. The first-order valence-corrected chi connectivity index (χ1v) is 6.68. The molecule has 0 bridgehead atoms. The van der Waals surface area contributed by atoms with Crippen LogP contribution in [-0.4, -0.2) is 38.0 Å². The van der Waals surface area contributed by atoms with Gasteiger partial charge in [0.05, 0.1) is 13.2 Å². The zero-order valence-corrected chi connectivity index (χ0v) is 12.2. The summed E-state index contributed by atoms with van der Waals surface area (Å²) in [5, 5.41) is 9.83. The maximum absolute atomic E-state index is 11.8. The molecule has 1 unspecified atom stereocenters. The van der Waals surface area contributed by atoms with Crippen molar-refractivity contribution in [1.29, 1.82) is 0 Å². The Morgan fingerprint density at radius 2 is 2.11 bits per heavy atom. The highest BCUT2D eigenvalue weighted by molar-refractivity contribution is 9.10. The third-order valence-electron chi connectivity index (χ3n) is 2.55. The molecule has 1 N–H and O–H groups in total. The molecule has 0 aliphatic heterocycles. The van der Waals surface area contributed by atoms with Crippen molar-refractivity contribution in [3.8, 4) is 5.75 Å². The zero-order chi connectivity index (χ0) is 14.3. The van der Waals surface area contributed by atoms with Crippen molar-refractivity contribution in [3.05, 3.63) is 28.2 Å². The van der Waals surface area contributed by atoms with Crippen molar-refractivity contribution in [2.45, 2.75) is 25.4 Å². The van der Waals surface area contributed by atoms with Crippen LogP contribution in [-0.2, 0) is 11.2 Å². The van der Waals surface area contributed by atoms with Gasteiger partial charge in [-0.25, -0.2) is 8.78 Å². The minimum absolute atomic E-state index is 0.118. The molecule has 0 saturated heterocycles. The number of aliphatic hydroxyl groups is 1. The van der Waals surface area contributed by atoms with Gasteiger partial charge in [-0.2, -0.15) is 0 Å². The van der Waals surface area contributed by atoms with E-state index in [1.54, 1.807) is 7.11 Å². The van der Waals surface area contributed by atoms with Crippen LogP contribution in [0, 0.1) is 0 Å². The fourth-order valence-corrected chi connectivity index (χ4v) is 1.99. The Labute approximate surface area is 119 Å². The number of aliphatic hydroxyl groups excluding tert-OH is 1. The van der Waals surface area contributed by atoms with Crippen LogP contribution >= 0.6 is 15.9 Å². The second-order valence-electron chi connectivity index (χ2n) is 4.07. The van der Waals surface area contributed by atoms with E-state index in [1.165, 1.54) is 0 Å². The number of alkyl halides is 2. The molecule has 0 spiro atoms. The molecule has 0 aliphatic carbocycles. The van der Waals surface area contributed by atoms with Gasteiger partial charge in [0.25, 0.3) is 6.43 Å². The number of rotatable bonds is 8. The van der Waals surface area contributed by atoms with Gasteiger partial charge in [0.2, 0.25) is 0 Å². The Kier molecular flexibility index (Phi) is 7.27. The molecule has 0 saturated carbocycles. The van der Waals surface area contributed by atoms with E-state index < -0.39 is 19.1 Å². The average molecular weight is 339 g/mol. The van der Waals surface area contributed by atoms with Crippen LogP contribution in [0.3, 0.4) is 0 Å². The second kappa shape index (κ2) is 8.45. The molecule has 3 nitrogen and oxygen atoms in total. The lowest BCUT2D eigenvalue weighted by Gasteiger charge is -2.13. The number of methoxy groups -OCH3 is 1. The number of hydrogen-bond acceptors (Lipinski definition) is 3. The summed E-state index contributed by atoms with van der Waals surface area (Å²) in [6.07, 6.45) is -2.38. The van der Waals surface area contributed by atoms with Crippen LogP contribution in [0.1, 0.15) is 12.0 Å². The lowest BCUT2D eigenvalue weighted by molar-refractivity contribution is 0.00511. The molecule has 0 radical (unpaired) electrons. The van der Waals surface area contributed by atoms with Crippen LogP contribution in [0.4, 0.5) is 8.78 Å². The van der Waals surface area contributed by atoms with Crippen LogP contribution in [0.5, 0.6) is 5.75 Å². The molecular formula is C13H17BrF2O3. The van der Waals surface area contributed by atoms with Gasteiger partial charge in [-0.1, -0.05) is 15.9 Å². The van der Waals surface area contributed by atoms with Gasteiger partial charge in [0.1, 0.15) is 12.4 Å². The summed E-state index contributed by atoms with van der Waals surface area (Å²) in [7, 11) is 1.57. The minimum Gasteiger partial charge on any atom is -0.497 e. The van der Waals surface area contributed by atoms with Gasteiger partial charge >= 0.3 is 0 Å². The third-order valence-corrected chi connectivity index (χ3v) is 3.32. The summed E-state index contributed by atoms with van der Waals surface area (Å²) in [6.45, 7) is -0.470. The highest BCUT2D eigenvalue weighted by atomic mass is 79.9. The van der Waals surface area contributed by atoms with E-state index in [0.717, 1.165) is 10.0 Å². The van der Waals surface area contributed by atoms with Gasteiger partial charge in [-0.15, -0.1) is 0 Å². The zero-order valence-electron chi connectivity index (χ0n) is 10.6. The van der Waals surface area contributed by atoms with Crippen molar-refractivity contribution >= 4 is 15.9 Å². The van der Waals surface area contributed by atoms with E-state index >= 15 is 0 Å². The maximum Gasteiger partial charge on any atom is 0.261 e. The van der Waals surface area contributed by atoms with Crippen LogP contribution in [0.15, 0.2) is 22.7 Å². The van der Waals surface area contributed by atoms with Crippen LogP contribution < -0.4 is 4.74 Å². The molecule has 0 heterocycles. The van der Waals surface area contributed by atoms with Crippen molar-refractivity contribution in [2.75, 3.05) is 20.3 Å². The Morgan fingerprint density at radius 1 is 1.37 bits per heavy atom. The van der Waals surface area contributed by atoms with Gasteiger partial charge in [0.15, 0.2) is 0 Å². The van der Waals surface area contributed by atoms with E-state index in [1.807, 2.05) is 18.2 Å². The third kappa shape index (κ3) is 6.31. The number of ether oxygens (including phenoxy) is 2. The Bertz CT molecular complexity index is 388. The molecular weight excluding hydrogens is 322 g/mol. The van der Waals surface area contributed by atoms with Gasteiger partial charge < -0.3 is 14.6 Å². The first-order chi connectivity index (χ1) is 9.02. The quantitative estimate of drug-likeness (QED) is 0.740. The van der Waals surface area contributed by atoms with Crippen molar-refractivity contribution < 1.29 is 23.4 Å². The predicted molar refractivity (Wildman–Crippen MR) is 71.8 cm³/mol. The van der Waals surface area contributed by atoms with Crippen molar-refractivity contribution in [1.82, 2.24) is 0 Å². The summed E-state index contributed by atoms with van der Waals surface area (Å²) < 4.78 is 34.4. The first kappa shape index (κ1) is 16.3. The van der Waals surface area contributed by atoms with Gasteiger partial charge in [-0.05, 0) is 36.6 Å². The van der Waals surface area contributed by atoms with Crippen LogP contribution in [0.25, 0.3) is 0 Å². The molecule has 1 aromatic rings. The topological polar surface area (TPSA) is 38.7 Å². The molecule has 1 atom stereocenters. The first-order valence-electron chi connectivity index (χ1n) is 5.89. The van der Waals surface area contributed by atoms with Gasteiger partial charge in [-0.3, -0.25) is 0 Å². The molecule has 19 heavy (non-hydrogen) atoms. The minimum atomic E-state index is -2.47. The average Bonchev–Trinajstić information content (AvgIpc) is 2.37. The standard InChI is InChI=1S/C13H17BrF2O3/c1-18-11-2-3-12(14)9(7-11)6-10(17)4-5-19-8-13(15)16/h2-3,7,10,13,17H,4-6,8H2,1H3. The summed E-state index contributed by atoms with van der Waals surface area (Å²) in [4.78, 5) is 0. The summed E-state index contributed by atoms with van der Waals surface area (Å²) in [5.41, 5.74) is 0.903. The SMILES string of the molecule is COc1ccc(Br)c(CC(O)CCOCC(F)F)c1. The molecule has 0 fully saturated rings. The molecule has 1 rings (SSSR count). The Balaban J connectivity index is 2.41. The number of benzene rings is 1. The highest BCUT2D eigenvalue weighted by Crippen LogP contribution is 2.24. The van der Waals surface area contributed by atoms with E-state index in [-0.39, 0.29) is 6.61 Å². The normalized spacial score (nSPS) is 12.7. The molecule has 108 valence electrons. The molecule has 0 aromatic heterocycles. The van der Waals surface area contributed by atoms with Crippen molar-refractivity contribution in [3.63, 3.8) is 0 Å². The summed E-state index contributed by atoms with van der Waals surface area (Å²) in [5.74, 6) is 0.708. The predicted octanol–water partition coefficient (Wildman–Crippen LogP) is 3.03. The largest absolute Gasteiger partial charge is 0.497 e. The van der Waals surface area contributed by atoms with E-state index in [0.29, 0.717) is 18.6 Å². The second-order valence-corrected chi connectivity index (χ2v) is 4.92. The van der Waals surface area contributed by atoms with E-state index in [9.17, 15) is 13.9 Å².